The lowest BCUT2D eigenvalue weighted by Crippen LogP contribution is -2.45. The smallest absolute Gasteiger partial charge is 0.205 e. The van der Waals surface area contributed by atoms with Gasteiger partial charge >= 0.3 is 0 Å². The Bertz CT molecular complexity index is 202. The van der Waals surface area contributed by atoms with Crippen molar-refractivity contribution in [3.63, 3.8) is 0 Å². The molecule has 0 aliphatic heterocycles. The summed E-state index contributed by atoms with van der Waals surface area (Å²) in [7, 11) is 0. The summed E-state index contributed by atoms with van der Waals surface area (Å²) < 4.78 is 5.24. The largest absolute Gasteiger partial charge is 0.382 e. The van der Waals surface area contributed by atoms with E-state index < -0.39 is 0 Å². The lowest BCUT2D eigenvalue weighted by molar-refractivity contribution is 0.146. The number of ether oxygens (including phenoxy) is 1. The molecule has 0 amide bonds. The highest BCUT2D eigenvalue weighted by atomic mass is 16.5. The van der Waals surface area contributed by atoms with Crippen LogP contribution in [-0.2, 0) is 4.74 Å². The van der Waals surface area contributed by atoms with Gasteiger partial charge in [0.15, 0.2) is 0 Å². The lowest BCUT2D eigenvalue weighted by atomic mass is 10.2. The fraction of sp³-hybridized carbons (Fsp3) is 0.909. The van der Waals surface area contributed by atoms with Crippen LogP contribution in [0.15, 0.2) is 4.99 Å². The summed E-state index contributed by atoms with van der Waals surface area (Å²) in [6, 6.07) is 0.543. The van der Waals surface area contributed by atoms with Crippen molar-refractivity contribution >= 4 is 5.96 Å². The van der Waals surface area contributed by atoms with Gasteiger partial charge in [-0.2, -0.15) is 0 Å². The van der Waals surface area contributed by atoms with E-state index >= 15 is 0 Å². The van der Waals surface area contributed by atoms with Gasteiger partial charge in [0.05, 0.1) is 0 Å². The van der Waals surface area contributed by atoms with Crippen molar-refractivity contribution in [3.8, 4) is 0 Å². The molecule has 1 aliphatic rings. The standard InChI is InChI=1S/C11H24N4O/c1-2-16-9-5-8-13-11(15-12)14-10-6-3-4-7-10/h10H,2-9,12H2,1H3,(H2,13,14,15). The first kappa shape index (κ1) is 13.3. The fourth-order valence-electron chi connectivity index (χ4n) is 1.90. The average Bonchev–Trinajstić information content (AvgIpc) is 2.80. The third-order valence-corrected chi connectivity index (χ3v) is 2.75. The summed E-state index contributed by atoms with van der Waals surface area (Å²) in [5.41, 5.74) is 2.62. The fourth-order valence-corrected chi connectivity index (χ4v) is 1.90. The minimum absolute atomic E-state index is 0.543. The molecule has 16 heavy (non-hydrogen) atoms. The van der Waals surface area contributed by atoms with Gasteiger partial charge in [0.25, 0.3) is 0 Å². The first-order chi connectivity index (χ1) is 7.86. The van der Waals surface area contributed by atoms with Crippen molar-refractivity contribution in [1.29, 1.82) is 0 Å². The van der Waals surface area contributed by atoms with Crippen LogP contribution in [0.4, 0.5) is 0 Å². The number of aliphatic imine (C=N–C) groups is 1. The Morgan fingerprint density at radius 3 is 2.81 bits per heavy atom. The third kappa shape index (κ3) is 5.32. The summed E-state index contributed by atoms with van der Waals surface area (Å²) in [5.74, 6) is 6.13. The average molecular weight is 228 g/mol. The van der Waals surface area contributed by atoms with Crippen molar-refractivity contribution in [1.82, 2.24) is 10.7 Å². The van der Waals surface area contributed by atoms with Crippen LogP contribution in [0.25, 0.3) is 0 Å². The van der Waals surface area contributed by atoms with E-state index in [0.717, 1.165) is 26.2 Å². The van der Waals surface area contributed by atoms with Crippen LogP contribution in [0.5, 0.6) is 0 Å². The summed E-state index contributed by atoms with van der Waals surface area (Å²) in [6.45, 7) is 4.28. The molecule has 0 bridgehead atoms. The van der Waals surface area contributed by atoms with Crippen LogP contribution in [0.3, 0.4) is 0 Å². The number of nitrogens with one attached hydrogen (secondary N) is 2. The van der Waals surface area contributed by atoms with E-state index in [-0.39, 0.29) is 0 Å². The number of hydrazine groups is 1. The van der Waals surface area contributed by atoms with Gasteiger partial charge in [-0.3, -0.25) is 10.4 Å². The zero-order chi connectivity index (χ0) is 11.6. The van der Waals surface area contributed by atoms with Crippen molar-refractivity contribution in [2.75, 3.05) is 19.8 Å². The van der Waals surface area contributed by atoms with Crippen molar-refractivity contribution in [3.05, 3.63) is 0 Å². The Labute approximate surface area is 97.8 Å². The van der Waals surface area contributed by atoms with Gasteiger partial charge in [-0.1, -0.05) is 12.8 Å². The molecule has 0 unspecified atom stereocenters. The maximum Gasteiger partial charge on any atom is 0.205 e. The third-order valence-electron chi connectivity index (χ3n) is 2.75. The van der Waals surface area contributed by atoms with Gasteiger partial charge in [0, 0.05) is 25.8 Å². The van der Waals surface area contributed by atoms with Crippen LogP contribution < -0.4 is 16.6 Å². The minimum Gasteiger partial charge on any atom is -0.382 e. The van der Waals surface area contributed by atoms with Crippen molar-refractivity contribution in [2.45, 2.75) is 45.1 Å². The number of nitrogens with zero attached hydrogens (tertiary/aromatic N) is 1. The number of nitrogens with two attached hydrogens (primary N) is 1. The number of hydrogen-bond acceptors (Lipinski definition) is 3. The maximum atomic E-state index is 5.42. The number of guanidine groups is 1. The van der Waals surface area contributed by atoms with Crippen LogP contribution in [0, 0.1) is 0 Å². The van der Waals surface area contributed by atoms with Crippen LogP contribution in [0.2, 0.25) is 0 Å². The van der Waals surface area contributed by atoms with E-state index in [1.54, 1.807) is 0 Å². The summed E-state index contributed by atoms with van der Waals surface area (Å²) in [6.07, 6.45) is 5.99. The van der Waals surface area contributed by atoms with Crippen LogP contribution in [-0.4, -0.2) is 31.8 Å². The lowest BCUT2D eigenvalue weighted by Gasteiger charge is -2.14. The van der Waals surface area contributed by atoms with Crippen LogP contribution >= 0.6 is 0 Å². The van der Waals surface area contributed by atoms with Gasteiger partial charge in [0.2, 0.25) is 5.96 Å². The van der Waals surface area contributed by atoms with E-state index in [0.29, 0.717) is 12.0 Å². The maximum absolute atomic E-state index is 5.42. The highest BCUT2D eigenvalue weighted by molar-refractivity contribution is 5.79. The highest BCUT2D eigenvalue weighted by Crippen LogP contribution is 2.17. The van der Waals surface area contributed by atoms with E-state index in [4.69, 9.17) is 10.6 Å². The Morgan fingerprint density at radius 2 is 2.19 bits per heavy atom. The van der Waals surface area contributed by atoms with Gasteiger partial charge in [0.1, 0.15) is 0 Å². The molecule has 0 radical (unpaired) electrons. The first-order valence-electron chi connectivity index (χ1n) is 6.22. The SMILES string of the molecule is CCOCCCN=C(NN)NC1CCCC1. The minimum atomic E-state index is 0.543. The van der Waals surface area contributed by atoms with E-state index in [1.165, 1.54) is 25.7 Å². The molecule has 0 aromatic rings. The molecule has 1 rings (SSSR count). The Hall–Kier alpha value is -0.810. The Morgan fingerprint density at radius 1 is 1.44 bits per heavy atom. The molecule has 0 aromatic heterocycles. The molecule has 0 heterocycles. The second kappa shape index (κ2) is 8.35. The molecule has 5 nitrogen and oxygen atoms in total. The van der Waals surface area contributed by atoms with Gasteiger partial charge in [-0.05, 0) is 26.2 Å². The molecule has 0 spiro atoms. The zero-order valence-electron chi connectivity index (χ0n) is 10.2. The van der Waals surface area contributed by atoms with Crippen molar-refractivity contribution in [2.24, 2.45) is 10.8 Å². The molecule has 1 fully saturated rings. The quantitative estimate of drug-likeness (QED) is 0.206. The predicted octanol–water partition coefficient (Wildman–Crippen LogP) is 0.765. The van der Waals surface area contributed by atoms with Crippen LogP contribution in [0.1, 0.15) is 39.0 Å². The van der Waals surface area contributed by atoms with E-state index in [9.17, 15) is 0 Å². The molecular formula is C11H24N4O. The molecule has 0 saturated heterocycles. The molecule has 0 aromatic carbocycles. The Kier molecular flexibility index (Phi) is 6.92. The summed E-state index contributed by atoms with van der Waals surface area (Å²) in [4.78, 5) is 4.37. The molecule has 5 heteroatoms. The topological polar surface area (TPSA) is 71.7 Å². The van der Waals surface area contributed by atoms with E-state index in [1.807, 2.05) is 6.92 Å². The molecule has 0 atom stereocenters. The van der Waals surface area contributed by atoms with Gasteiger partial charge in [-0.15, -0.1) is 0 Å². The summed E-state index contributed by atoms with van der Waals surface area (Å²) in [5, 5.41) is 3.33. The molecular weight excluding hydrogens is 204 g/mol. The summed E-state index contributed by atoms with van der Waals surface area (Å²) >= 11 is 0. The zero-order valence-corrected chi connectivity index (χ0v) is 10.2. The second-order valence-electron chi connectivity index (χ2n) is 4.05. The monoisotopic (exact) mass is 228 g/mol. The molecule has 1 saturated carbocycles. The van der Waals surface area contributed by atoms with Gasteiger partial charge in [-0.25, -0.2) is 5.84 Å². The second-order valence-corrected chi connectivity index (χ2v) is 4.05. The first-order valence-corrected chi connectivity index (χ1v) is 6.22. The highest BCUT2D eigenvalue weighted by Gasteiger charge is 2.15. The number of rotatable bonds is 6. The molecule has 1 aliphatic carbocycles. The normalized spacial score (nSPS) is 17.8. The van der Waals surface area contributed by atoms with Gasteiger partial charge < -0.3 is 10.1 Å². The Balaban J connectivity index is 2.15. The predicted molar refractivity (Wildman–Crippen MR) is 66.1 cm³/mol. The number of hydrogen-bond donors (Lipinski definition) is 3. The van der Waals surface area contributed by atoms with Crippen molar-refractivity contribution < 1.29 is 4.74 Å². The molecule has 94 valence electrons. The molecule has 4 N–H and O–H groups in total. The van der Waals surface area contributed by atoms with E-state index in [2.05, 4.69) is 15.7 Å².